The van der Waals surface area contributed by atoms with Crippen molar-refractivity contribution >= 4 is 76.8 Å². The number of rotatable bonds is 26. The molecular weight excluding hydrogens is 933 g/mol. The fourth-order valence-electron chi connectivity index (χ4n) is 6.79. The number of benzene rings is 5. The van der Waals surface area contributed by atoms with E-state index in [1.807, 2.05) is 152 Å². The normalized spacial score (nSPS) is 14.6. The van der Waals surface area contributed by atoms with Crippen LogP contribution < -0.4 is 21.3 Å². The minimum Gasteiger partial charge on any atom is -0.467 e. The van der Waals surface area contributed by atoms with Crippen molar-refractivity contribution in [2.24, 2.45) is 0 Å². The van der Waals surface area contributed by atoms with Crippen molar-refractivity contribution in [2.45, 2.75) is 79.5 Å². The lowest BCUT2D eigenvalue weighted by molar-refractivity contribution is -0.150. The SMILES string of the molecule is COC(=O)[C@@](C)(CSCc1ccccc1)NC(=O)[C@](C)(CSCc1ccccc1)NC(=O)[C@@](C)(CSCc1ccccc1)NC(=O)[C@](C)(CSCc1ccccc1)NC(=O)OCc1ccccc1. The summed E-state index contributed by atoms with van der Waals surface area (Å²) < 4.78 is 10.8. The predicted molar refractivity (Wildman–Crippen MR) is 280 cm³/mol. The Labute approximate surface area is 418 Å². The summed E-state index contributed by atoms with van der Waals surface area (Å²) in [7, 11) is 1.28. The maximum absolute atomic E-state index is 15.1. The van der Waals surface area contributed by atoms with Crippen molar-refractivity contribution in [3.8, 4) is 0 Å². The van der Waals surface area contributed by atoms with E-state index in [1.165, 1.54) is 54.2 Å². The third-order valence-electron chi connectivity index (χ3n) is 10.9. The highest BCUT2D eigenvalue weighted by molar-refractivity contribution is 7.99. The summed E-state index contributed by atoms with van der Waals surface area (Å²) in [5.74, 6) is 0.239. The highest BCUT2D eigenvalue weighted by atomic mass is 32.2. The molecule has 4 atom stereocenters. The fourth-order valence-corrected chi connectivity index (χ4v) is 11.3. The molecule has 4 amide bonds. The molecule has 5 aromatic carbocycles. The van der Waals surface area contributed by atoms with Crippen molar-refractivity contribution in [3.05, 3.63) is 179 Å². The molecule has 0 aromatic heterocycles. The number of hydrogen-bond donors (Lipinski definition) is 4. The van der Waals surface area contributed by atoms with Gasteiger partial charge in [-0.3, -0.25) is 14.4 Å². The highest BCUT2D eigenvalue weighted by Gasteiger charge is 2.48. The topological polar surface area (TPSA) is 152 Å². The second-order valence-electron chi connectivity index (χ2n) is 17.3. The van der Waals surface area contributed by atoms with E-state index in [0.717, 1.165) is 27.8 Å². The Bertz CT molecular complexity index is 2370. The van der Waals surface area contributed by atoms with Gasteiger partial charge in [0.05, 0.1) is 7.11 Å². The Morgan fingerprint density at radius 2 is 0.662 bits per heavy atom. The fraction of sp³-hybridized carbons (Fsp3) is 0.340. The van der Waals surface area contributed by atoms with Gasteiger partial charge in [0.1, 0.15) is 28.8 Å². The van der Waals surface area contributed by atoms with E-state index in [9.17, 15) is 19.2 Å². The lowest BCUT2D eigenvalue weighted by Gasteiger charge is -2.39. The first kappa shape index (κ1) is 53.6. The van der Waals surface area contributed by atoms with Gasteiger partial charge in [0.25, 0.3) is 0 Å². The molecule has 0 radical (unpaired) electrons. The van der Waals surface area contributed by atoms with Gasteiger partial charge in [-0.2, -0.15) is 47.0 Å². The molecule has 4 N–H and O–H groups in total. The van der Waals surface area contributed by atoms with Crippen molar-refractivity contribution in [3.63, 3.8) is 0 Å². The minimum atomic E-state index is -1.64. The Morgan fingerprint density at radius 1 is 0.397 bits per heavy atom. The summed E-state index contributed by atoms with van der Waals surface area (Å²) in [4.78, 5) is 71.8. The smallest absolute Gasteiger partial charge is 0.408 e. The molecule has 0 unspecified atom stereocenters. The van der Waals surface area contributed by atoms with E-state index in [0.29, 0.717) is 23.0 Å². The van der Waals surface area contributed by atoms with Crippen LogP contribution in [0.25, 0.3) is 0 Å². The van der Waals surface area contributed by atoms with Crippen LogP contribution in [0.4, 0.5) is 4.79 Å². The van der Waals surface area contributed by atoms with Gasteiger partial charge >= 0.3 is 12.1 Å². The molecule has 0 aliphatic heterocycles. The third-order valence-corrected chi connectivity index (χ3v) is 16.2. The van der Waals surface area contributed by atoms with E-state index in [4.69, 9.17) is 9.47 Å². The average Bonchev–Trinajstić information content (AvgIpc) is 3.34. The number of esters is 1. The molecule has 11 nitrogen and oxygen atoms in total. The van der Waals surface area contributed by atoms with Crippen molar-refractivity contribution in [1.29, 1.82) is 0 Å². The van der Waals surface area contributed by atoms with E-state index in [1.54, 1.807) is 27.7 Å². The molecule has 0 saturated carbocycles. The number of thioether (sulfide) groups is 4. The first-order valence-electron chi connectivity index (χ1n) is 22.2. The summed E-state index contributed by atoms with van der Waals surface area (Å²) in [6, 6.07) is 48.3. The Morgan fingerprint density at radius 3 is 0.971 bits per heavy atom. The third kappa shape index (κ3) is 16.7. The quantitative estimate of drug-likeness (QED) is 0.0393. The number of ether oxygens (including phenoxy) is 2. The van der Waals surface area contributed by atoms with Crippen LogP contribution in [0.15, 0.2) is 152 Å². The molecule has 0 aliphatic carbocycles. The van der Waals surface area contributed by atoms with Gasteiger partial charge in [-0.25, -0.2) is 9.59 Å². The molecule has 5 rings (SSSR count). The number of carbonyl (C=O) groups excluding carboxylic acids is 5. The number of nitrogens with one attached hydrogen (secondary N) is 4. The molecule has 5 aromatic rings. The van der Waals surface area contributed by atoms with Gasteiger partial charge in [-0.05, 0) is 55.5 Å². The van der Waals surface area contributed by atoms with Crippen molar-refractivity contribution in [2.75, 3.05) is 30.1 Å². The highest BCUT2D eigenvalue weighted by Crippen LogP contribution is 2.27. The molecule has 0 bridgehead atoms. The summed E-state index contributed by atoms with van der Waals surface area (Å²) in [6.45, 7) is 6.47. The minimum absolute atomic E-state index is 0.0125. The average molecular weight is 995 g/mol. The Balaban J connectivity index is 1.43. The van der Waals surface area contributed by atoms with Crippen LogP contribution in [0.5, 0.6) is 0 Å². The van der Waals surface area contributed by atoms with Gasteiger partial charge in [0, 0.05) is 46.0 Å². The molecule has 360 valence electrons. The van der Waals surface area contributed by atoms with Crippen LogP contribution in [-0.2, 0) is 58.3 Å². The number of methoxy groups -OCH3 is 1. The summed E-state index contributed by atoms with van der Waals surface area (Å²) >= 11 is 5.81. The van der Waals surface area contributed by atoms with Crippen molar-refractivity contribution in [1.82, 2.24) is 21.3 Å². The Hall–Kier alpha value is -5.35. The predicted octanol–water partition coefficient (Wildman–Crippen LogP) is 9.20. The van der Waals surface area contributed by atoms with Gasteiger partial charge in [0.15, 0.2) is 0 Å². The van der Waals surface area contributed by atoms with E-state index in [-0.39, 0.29) is 29.6 Å². The van der Waals surface area contributed by atoms with Crippen molar-refractivity contribution < 1.29 is 33.4 Å². The van der Waals surface area contributed by atoms with Gasteiger partial charge in [-0.15, -0.1) is 0 Å². The van der Waals surface area contributed by atoms with Crippen LogP contribution in [0, 0.1) is 0 Å². The number of hydrogen-bond acceptors (Lipinski definition) is 11. The van der Waals surface area contributed by atoms with Gasteiger partial charge in [0.2, 0.25) is 17.7 Å². The van der Waals surface area contributed by atoms with E-state index >= 15 is 4.79 Å². The zero-order valence-electron chi connectivity index (χ0n) is 39.3. The molecule has 68 heavy (non-hydrogen) atoms. The number of alkyl carbamates (subject to hydrolysis) is 1. The molecule has 0 saturated heterocycles. The van der Waals surface area contributed by atoms with Gasteiger partial charge < -0.3 is 30.7 Å². The molecular formula is C53H62N4O7S4. The second kappa shape index (κ2) is 26.4. The summed E-state index contributed by atoms with van der Waals surface area (Å²) in [5.41, 5.74) is -1.37. The number of amides is 4. The molecule has 0 aliphatic rings. The number of carbonyl (C=O) groups is 5. The molecule has 0 spiro atoms. The van der Waals surface area contributed by atoms with Gasteiger partial charge in [-0.1, -0.05) is 152 Å². The first-order chi connectivity index (χ1) is 32.7. The second-order valence-corrected chi connectivity index (χ2v) is 21.2. The van der Waals surface area contributed by atoms with Crippen LogP contribution in [0.3, 0.4) is 0 Å². The molecule has 0 heterocycles. The Kier molecular flexibility index (Phi) is 20.8. The van der Waals surface area contributed by atoms with E-state index < -0.39 is 51.9 Å². The monoisotopic (exact) mass is 994 g/mol. The zero-order chi connectivity index (χ0) is 48.9. The van der Waals surface area contributed by atoms with Crippen LogP contribution in [-0.4, -0.2) is 82.1 Å². The van der Waals surface area contributed by atoms with Crippen LogP contribution in [0.1, 0.15) is 55.5 Å². The van der Waals surface area contributed by atoms with E-state index in [2.05, 4.69) is 21.3 Å². The first-order valence-corrected chi connectivity index (χ1v) is 26.8. The maximum Gasteiger partial charge on any atom is 0.408 e. The van der Waals surface area contributed by atoms with Crippen LogP contribution in [0.2, 0.25) is 0 Å². The molecule has 0 fully saturated rings. The summed E-state index contributed by atoms with van der Waals surface area (Å²) in [5, 5.41) is 11.9. The maximum atomic E-state index is 15.1. The lowest BCUT2D eigenvalue weighted by atomic mass is 9.95. The standard InChI is InChI=1S/C53H62N4O7S4/c1-50(36-65-32-41-23-13-7-14-24-41,55-47(60)52(3,38-67-34-43-27-17-9-18-28-43)57-49(62)64-31-40-21-11-6-12-22-40)45(58)54-51(2,37-66-33-42-25-15-8-16-26-42)46(59)56-53(4,48(61)63-5)39-68-35-44-29-19-10-20-30-44/h6-30H,31-39H2,1-5H3,(H,54,58)(H,55,60)(H,56,59)(H,57,62)/t50-,51+,52+,53-/m1/s1. The van der Waals surface area contributed by atoms with Crippen LogP contribution >= 0.6 is 47.0 Å². The molecule has 15 heteroatoms. The zero-order valence-corrected chi connectivity index (χ0v) is 42.6. The summed E-state index contributed by atoms with van der Waals surface area (Å²) in [6.07, 6.45) is -0.799. The largest absolute Gasteiger partial charge is 0.467 e. The lowest BCUT2D eigenvalue weighted by Crippen LogP contribution is -2.71.